The third kappa shape index (κ3) is 69.6. The van der Waals surface area contributed by atoms with Crippen LogP contribution in [0, 0.1) is 0 Å². The Kier molecular flexibility index (Phi) is 71.8. The number of nitrogens with one attached hydrogen (secondary N) is 1. The molecule has 6 nitrogen and oxygen atoms in total. The molecule has 0 saturated heterocycles. The van der Waals surface area contributed by atoms with E-state index in [9.17, 15) is 19.8 Å². The van der Waals surface area contributed by atoms with Crippen molar-refractivity contribution in [1.29, 1.82) is 0 Å². The number of carbonyl (C=O) groups excluding carboxylic acids is 2. The molecule has 494 valence electrons. The van der Waals surface area contributed by atoms with E-state index in [0.29, 0.717) is 19.4 Å². The van der Waals surface area contributed by atoms with Crippen molar-refractivity contribution in [2.45, 2.75) is 456 Å². The van der Waals surface area contributed by atoms with Gasteiger partial charge >= 0.3 is 5.97 Å². The summed E-state index contributed by atoms with van der Waals surface area (Å²) >= 11 is 0. The average molecular weight is 1170 g/mol. The second-order valence-corrected chi connectivity index (χ2v) is 26.7. The van der Waals surface area contributed by atoms with Gasteiger partial charge in [-0.1, -0.05) is 411 Å². The zero-order valence-corrected chi connectivity index (χ0v) is 56.7. The molecule has 2 unspecified atom stereocenters. The summed E-state index contributed by atoms with van der Waals surface area (Å²) in [5.41, 5.74) is 0. The molecule has 0 spiro atoms. The highest BCUT2D eigenvalue weighted by Gasteiger charge is 2.18. The Morgan fingerprint density at radius 2 is 0.554 bits per heavy atom. The predicted octanol–water partition coefficient (Wildman–Crippen LogP) is 25.1. The molecule has 1 amide bonds. The van der Waals surface area contributed by atoms with Gasteiger partial charge in [-0.15, -0.1) is 0 Å². The standard InChI is InChI=1S/C77H151NO5/c1-3-5-7-9-11-13-15-17-19-21-38-41-45-49-53-57-61-65-69-75(80)74(73-79)78-76(81)70-66-62-58-54-50-46-42-39-36-34-32-30-28-26-24-22-23-25-27-29-31-33-35-37-40-44-48-52-56-60-64-68-72-83-77(82)71-67-63-59-55-51-47-43-20-18-16-14-12-10-8-6-4-2/h65,69,74-75,79-80H,3-64,66-68,70-73H2,1-2H3,(H,78,81)/b69-65+. The van der Waals surface area contributed by atoms with Crippen LogP contribution < -0.4 is 5.32 Å². The summed E-state index contributed by atoms with van der Waals surface area (Å²) in [7, 11) is 0. The fourth-order valence-electron chi connectivity index (χ4n) is 12.5. The monoisotopic (exact) mass is 1170 g/mol. The molecule has 3 N–H and O–H groups in total. The van der Waals surface area contributed by atoms with E-state index in [1.54, 1.807) is 6.08 Å². The van der Waals surface area contributed by atoms with Gasteiger partial charge in [0.2, 0.25) is 5.91 Å². The lowest BCUT2D eigenvalue weighted by molar-refractivity contribution is -0.143. The summed E-state index contributed by atoms with van der Waals surface area (Å²) < 4.78 is 5.51. The fraction of sp³-hybridized carbons (Fsp3) is 0.948. The Morgan fingerprint density at radius 3 is 0.819 bits per heavy atom. The lowest BCUT2D eigenvalue weighted by Gasteiger charge is -2.20. The smallest absolute Gasteiger partial charge is 0.305 e. The number of aliphatic hydroxyl groups is 2. The number of carbonyl (C=O) groups is 2. The maximum absolute atomic E-state index is 12.5. The van der Waals surface area contributed by atoms with Crippen LogP contribution in [-0.2, 0) is 14.3 Å². The number of hydrogen-bond donors (Lipinski definition) is 3. The van der Waals surface area contributed by atoms with Gasteiger partial charge in [0.05, 0.1) is 25.4 Å². The topological polar surface area (TPSA) is 95.9 Å². The molecule has 0 radical (unpaired) electrons. The molecule has 0 aromatic rings. The Labute approximate surface area is 520 Å². The van der Waals surface area contributed by atoms with E-state index in [1.165, 1.54) is 379 Å². The number of unbranched alkanes of at least 4 members (excludes halogenated alkanes) is 62. The molecule has 2 atom stereocenters. The minimum absolute atomic E-state index is 0.0256. The summed E-state index contributed by atoms with van der Waals surface area (Å²) in [4.78, 5) is 24.6. The van der Waals surface area contributed by atoms with Crippen LogP contribution in [0.2, 0.25) is 0 Å². The van der Waals surface area contributed by atoms with Gasteiger partial charge in [-0.2, -0.15) is 0 Å². The molecule has 6 heteroatoms. The van der Waals surface area contributed by atoms with Crippen LogP contribution in [0.1, 0.15) is 444 Å². The van der Waals surface area contributed by atoms with Gasteiger partial charge in [-0.3, -0.25) is 9.59 Å². The number of amides is 1. The predicted molar refractivity (Wildman–Crippen MR) is 366 cm³/mol. The third-order valence-corrected chi connectivity index (χ3v) is 18.3. The summed E-state index contributed by atoms with van der Waals surface area (Å²) in [6, 6.07) is -0.624. The Morgan fingerprint density at radius 1 is 0.325 bits per heavy atom. The Hall–Kier alpha value is -1.40. The van der Waals surface area contributed by atoms with Crippen LogP contribution in [0.4, 0.5) is 0 Å². The van der Waals surface area contributed by atoms with Crippen LogP contribution in [0.3, 0.4) is 0 Å². The van der Waals surface area contributed by atoms with Crippen molar-refractivity contribution in [3.05, 3.63) is 12.2 Å². The van der Waals surface area contributed by atoms with Crippen LogP contribution in [-0.4, -0.2) is 47.4 Å². The van der Waals surface area contributed by atoms with E-state index >= 15 is 0 Å². The molecular formula is C77H151NO5. The van der Waals surface area contributed by atoms with Gasteiger partial charge in [0.25, 0.3) is 0 Å². The maximum Gasteiger partial charge on any atom is 0.305 e. The number of rotatable bonds is 73. The number of ether oxygens (including phenoxy) is 1. The molecule has 0 heterocycles. The van der Waals surface area contributed by atoms with Crippen LogP contribution >= 0.6 is 0 Å². The highest BCUT2D eigenvalue weighted by Crippen LogP contribution is 2.20. The first-order chi connectivity index (χ1) is 41.0. The molecule has 0 aromatic carbocycles. The Bertz CT molecular complexity index is 1260. The summed E-state index contributed by atoms with van der Waals surface area (Å²) in [5.74, 6) is -0.0335. The van der Waals surface area contributed by atoms with Crippen molar-refractivity contribution in [3.63, 3.8) is 0 Å². The zero-order valence-electron chi connectivity index (χ0n) is 56.7. The fourth-order valence-corrected chi connectivity index (χ4v) is 12.5. The summed E-state index contributed by atoms with van der Waals surface area (Å²) in [6.45, 7) is 4.96. The highest BCUT2D eigenvalue weighted by molar-refractivity contribution is 5.76. The summed E-state index contributed by atoms with van der Waals surface area (Å²) in [5, 5.41) is 23.2. The van der Waals surface area contributed by atoms with Crippen molar-refractivity contribution in [2.24, 2.45) is 0 Å². The lowest BCUT2D eigenvalue weighted by Crippen LogP contribution is -2.45. The molecule has 0 saturated carbocycles. The van der Waals surface area contributed by atoms with E-state index in [0.717, 1.165) is 38.5 Å². The minimum atomic E-state index is -0.841. The van der Waals surface area contributed by atoms with Crippen LogP contribution in [0.5, 0.6) is 0 Å². The molecule has 83 heavy (non-hydrogen) atoms. The van der Waals surface area contributed by atoms with E-state index in [1.807, 2.05) is 6.08 Å². The molecule has 0 aliphatic heterocycles. The number of hydrogen-bond acceptors (Lipinski definition) is 5. The first kappa shape index (κ1) is 81.6. The van der Waals surface area contributed by atoms with Gasteiger partial charge in [0.15, 0.2) is 0 Å². The van der Waals surface area contributed by atoms with Crippen LogP contribution in [0.25, 0.3) is 0 Å². The van der Waals surface area contributed by atoms with Gasteiger partial charge in [-0.25, -0.2) is 0 Å². The van der Waals surface area contributed by atoms with Crippen molar-refractivity contribution < 1.29 is 24.5 Å². The SMILES string of the molecule is CCCCCCCCCCCCCCCCCC/C=C/C(O)C(CO)NC(=O)CCCCCCCCCCCCCCCCCCCCCCCCCCCCCCCCCCOC(=O)CCCCCCCCCCCCCCCCCC. The van der Waals surface area contributed by atoms with E-state index < -0.39 is 12.1 Å². The zero-order chi connectivity index (χ0) is 59.9. The number of esters is 1. The third-order valence-electron chi connectivity index (χ3n) is 18.3. The average Bonchev–Trinajstić information content (AvgIpc) is 3.49. The van der Waals surface area contributed by atoms with Crippen LogP contribution in [0.15, 0.2) is 12.2 Å². The molecule has 0 bridgehead atoms. The molecule has 0 rings (SSSR count). The maximum atomic E-state index is 12.5. The minimum Gasteiger partial charge on any atom is -0.466 e. The largest absolute Gasteiger partial charge is 0.466 e. The first-order valence-electron chi connectivity index (χ1n) is 38.5. The van der Waals surface area contributed by atoms with Gasteiger partial charge in [0.1, 0.15) is 0 Å². The summed E-state index contributed by atoms with van der Waals surface area (Å²) in [6.07, 6.45) is 91.8. The van der Waals surface area contributed by atoms with E-state index in [-0.39, 0.29) is 18.5 Å². The first-order valence-corrected chi connectivity index (χ1v) is 38.5. The Balaban J connectivity index is 3.32. The molecule has 0 aromatic heterocycles. The second kappa shape index (κ2) is 73.1. The molecule has 0 aliphatic carbocycles. The van der Waals surface area contributed by atoms with Gasteiger partial charge in [0, 0.05) is 12.8 Å². The lowest BCUT2D eigenvalue weighted by atomic mass is 10.0. The second-order valence-electron chi connectivity index (χ2n) is 26.7. The van der Waals surface area contributed by atoms with Crippen molar-refractivity contribution in [2.75, 3.05) is 13.2 Å². The van der Waals surface area contributed by atoms with Gasteiger partial charge in [-0.05, 0) is 32.1 Å². The molecular weight excluding hydrogens is 1020 g/mol. The van der Waals surface area contributed by atoms with E-state index in [2.05, 4.69) is 19.2 Å². The van der Waals surface area contributed by atoms with Crippen molar-refractivity contribution >= 4 is 11.9 Å². The van der Waals surface area contributed by atoms with Crippen molar-refractivity contribution in [3.8, 4) is 0 Å². The normalized spacial score (nSPS) is 12.5. The quantitative estimate of drug-likeness (QED) is 0.0320. The van der Waals surface area contributed by atoms with E-state index in [4.69, 9.17) is 4.74 Å². The number of aliphatic hydroxyl groups excluding tert-OH is 2. The molecule has 0 aliphatic rings. The molecule has 0 fully saturated rings. The highest BCUT2D eigenvalue weighted by atomic mass is 16.5. The van der Waals surface area contributed by atoms with Gasteiger partial charge < -0.3 is 20.3 Å². The number of allylic oxidation sites excluding steroid dienone is 1. The van der Waals surface area contributed by atoms with Crippen molar-refractivity contribution in [1.82, 2.24) is 5.32 Å².